The maximum absolute atomic E-state index is 13.7. The maximum atomic E-state index is 13.7. The Morgan fingerprint density at radius 3 is 2.31 bits per heavy atom. The number of sulfonamides is 1. The molecule has 0 atom stereocenters. The lowest BCUT2D eigenvalue weighted by molar-refractivity contribution is -0.130. The first-order chi connectivity index (χ1) is 15.4. The Labute approximate surface area is 190 Å². The van der Waals surface area contributed by atoms with E-state index in [0.29, 0.717) is 30.4 Å². The van der Waals surface area contributed by atoms with Crippen LogP contribution in [0.15, 0.2) is 47.4 Å². The predicted octanol–water partition coefficient (Wildman–Crippen LogP) is 3.75. The minimum absolute atomic E-state index is 0.0652. The second-order valence-electron chi connectivity index (χ2n) is 8.45. The van der Waals surface area contributed by atoms with Crippen molar-refractivity contribution >= 4 is 21.6 Å². The van der Waals surface area contributed by atoms with Crippen LogP contribution in [0.4, 0.5) is 5.69 Å². The minimum atomic E-state index is -4.01. The molecular weight excluding hydrogens is 428 g/mol. The van der Waals surface area contributed by atoms with Crippen LogP contribution in [-0.4, -0.2) is 52.1 Å². The summed E-state index contributed by atoms with van der Waals surface area (Å²) < 4.78 is 39.7. The van der Waals surface area contributed by atoms with Crippen LogP contribution in [0.2, 0.25) is 0 Å². The molecule has 0 saturated heterocycles. The van der Waals surface area contributed by atoms with Crippen LogP contribution in [0, 0.1) is 6.92 Å². The van der Waals surface area contributed by atoms with Gasteiger partial charge in [0.1, 0.15) is 19.8 Å². The number of hydrogen-bond acceptors (Lipinski definition) is 5. The van der Waals surface area contributed by atoms with Gasteiger partial charge in [-0.25, -0.2) is 8.42 Å². The monoisotopic (exact) mass is 458 g/mol. The lowest BCUT2D eigenvalue weighted by Crippen LogP contribution is -2.46. The summed E-state index contributed by atoms with van der Waals surface area (Å²) in [4.78, 5) is 15.0. The van der Waals surface area contributed by atoms with Gasteiger partial charge in [-0.2, -0.15) is 0 Å². The smallest absolute Gasteiger partial charge is 0.264 e. The zero-order valence-electron chi connectivity index (χ0n) is 18.6. The topological polar surface area (TPSA) is 76.2 Å². The van der Waals surface area contributed by atoms with Crippen LogP contribution in [0.25, 0.3) is 0 Å². The minimum Gasteiger partial charge on any atom is -0.486 e. The first-order valence-electron chi connectivity index (χ1n) is 11.1. The molecule has 32 heavy (non-hydrogen) atoms. The van der Waals surface area contributed by atoms with Crippen molar-refractivity contribution in [1.82, 2.24) is 4.90 Å². The Bertz CT molecular complexity index is 1060. The number of rotatable bonds is 6. The average Bonchev–Trinajstić information content (AvgIpc) is 2.82. The van der Waals surface area contributed by atoms with E-state index in [4.69, 9.17) is 9.47 Å². The van der Waals surface area contributed by atoms with E-state index in [1.165, 1.54) is 22.9 Å². The first-order valence-corrected chi connectivity index (χ1v) is 12.5. The fourth-order valence-corrected chi connectivity index (χ4v) is 5.67. The molecule has 1 fully saturated rings. The summed E-state index contributed by atoms with van der Waals surface area (Å²) in [6.45, 7) is 2.47. The summed E-state index contributed by atoms with van der Waals surface area (Å²) in [6.07, 6.45) is 5.30. The molecule has 1 aliphatic heterocycles. The number of anilines is 1. The van der Waals surface area contributed by atoms with E-state index < -0.39 is 10.0 Å². The van der Waals surface area contributed by atoms with Gasteiger partial charge in [0.05, 0.1) is 10.6 Å². The number of hydrogen-bond donors (Lipinski definition) is 0. The van der Waals surface area contributed by atoms with Crippen molar-refractivity contribution in [3.8, 4) is 11.5 Å². The van der Waals surface area contributed by atoms with Crippen molar-refractivity contribution < 1.29 is 22.7 Å². The summed E-state index contributed by atoms with van der Waals surface area (Å²) >= 11 is 0. The van der Waals surface area contributed by atoms with Gasteiger partial charge in [-0.3, -0.25) is 9.10 Å². The number of carbonyl (C=O) groups is 1. The third-order valence-electron chi connectivity index (χ3n) is 6.22. The molecule has 2 aliphatic rings. The second kappa shape index (κ2) is 9.40. The van der Waals surface area contributed by atoms with Crippen LogP contribution in [0.1, 0.15) is 37.7 Å². The summed E-state index contributed by atoms with van der Waals surface area (Å²) in [6, 6.07) is 11.9. The van der Waals surface area contributed by atoms with Crippen molar-refractivity contribution in [3.05, 3.63) is 48.0 Å². The van der Waals surface area contributed by atoms with Gasteiger partial charge >= 0.3 is 0 Å². The number of amides is 1. The first kappa shape index (κ1) is 22.5. The van der Waals surface area contributed by atoms with E-state index in [1.54, 1.807) is 30.1 Å². The predicted molar refractivity (Wildman–Crippen MR) is 123 cm³/mol. The molecule has 0 unspecified atom stereocenters. The van der Waals surface area contributed by atoms with E-state index in [-0.39, 0.29) is 23.4 Å². The molecule has 1 saturated carbocycles. The normalized spacial score (nSPS) is 16.4. The highest BCUT2D eigenvalue weighted by Gasteiger charge is 2.31. The average molecular weight is 459 g/mol. The van der Waals surface area contributed by atoms with E-state index in [0.717, 1.165) is 31.2 Å². The van der Waals surface area contributed by atoms with Gasteiger partial charge in [0.15, 0.2) is 11.5 Å². The zero-order valence-corrected chi connectivity index (χ0v) is 19.4. The van der Waals surface area contributed by atoms with Crippen LogP contribution in [0.5, 0.6) is 11.5 Å². The SMILES string of the molecule is Cc1ccc(N(CC(=O)N(C)C2CCCCC2)S(=O)(=O)c2ccc3c(c2)OCCO3)cc1. The highest BCUT2D eigenvalue weighted by Crippen LogP contribution is 2.34. The van der Waals surface area contributed by atoms with E-state index >= 15 is 0 Å². The number of nitrogens with zero attached hydrogens (tertiary/aromatic N) is 2. The van der Waals surface area contributed by atoms with Crippen molar-refractivity contribution in [3.63, 3.8) is 0 Å². The van der Waals surface area contributed by atoms with Gasteiger partial charge in [-0.05, 0) is 44.0 Å². The molecule has 2 aromatic rings. The molecule has 0 spiro atoms. The summed E-state index contributed by atoms with van der Waals surface area (Å²) in [5.41, 5.74) is 1.46. The molecule has 2 aromatic carbocycles. The Balaban J connectivity index is 1.65. The van der Waals surface area contributed by atoms with Gasteiger partial charge < -0.3 is 14.4 Å². The molecule has 8 heteroatoms. The number of benzene rings is 2. The van der Waals surface area contributed by atoms with Gasteiger partial charge in [-0.1, -0.05) is 37.0 Å². The Kier molecular flexibility index (Phi) is 6.60. The molecule has 0 N–H and O–H groups in total. The Hall–Kier alpha value is -2.74. The number of likely N-dealkylation sites (N-methyl/N-ethyl adjacent to an activating group) is 1. The Morgan fingerprint density at radius 2 is 1.62 bits per heavy atom. The molecule has 7 nitrogen and oxygen atoms in total. The van der Waals surface area contributed by atoms with Crippen molar-refractivity contribution in [1.29, 1.82) is 0 Å². The summed E-state index contributed by atoms with van der Waals surface area (Å²) in [7, 11) is -2.23. The number of fused-ring (bicyclic) bond motifs is 1. The molecule has 0 radical (unpaired) electrons. The van der Waals surface area contributed by atoms with Gasteiger partial charge in [0, 0.05) is 19.2 Å². The van der Waals surface area contributed by atoms with Crippen LogP contribution >= 0.6 is 0 Å². The molecule has 172 valence electrons. The molecule has 0 aromatic heterocycles. The van der Waals surface area contributed by atoms with E-state index in [9.17, 15) is 13.2 Å². The largest absolute Gasteiger partial charge is 0.486 e. The maximum Gasteiger partial charge on any atom is 0.264 e. The molecule has 1 aliphatic carbocycles. The highest BCUT2D eigenvalue weighted by molar-refractivity contribution is 7.92. The second-order valence-corrected chi connectivity index (χ2v) is 10.3. The molecule has 1 amide bonds. The fourth-order valence-electron chi connectivity index (χ4n) is 4.24. The number of ether oxygens (including phenoxy) is 2. The van der Waals surface area contributed by atoms with Gasteiger partial charge in [-0.15, -0.1) is 0 Å². The third kappa shape index (κ3) is 4.70. The van der Waals surface area contributed by atoms with Crippen LogP contribution < -0.4 is 13.8 Å². The third-order valence-corrected chi connectivity index (χ3v) is 7.99. The molecule has 0 bridgehead atoms. The molecule has 1 heterocycles. The molecule has 4 rings (SSSR count). The van der Waals surface area contributed by atoms with Crippen molar-refractivity contribution in [2.75, 3.05) is 31.1 Å². The van der Waals surface area contributed by atoms with Crippen LogP contribution in [-0.2, 0) is 14.8 Å². The van der Waals surface area contributed by atoms with Gasteiger partial charge in [0.2, 0.25) is 5.91 Å². The number of carbonyl (C=O) groups excluding carboxylic acids is 1. The van der Waals surface area contributed by atoms with Gasteiger partial charge in [0.25, 0.3) is 10.0 Å². The van der Waals surface area contributed by atoms with E-state index in [2.05, 4.69) is 0 Å². The Morgan fingerprint density at radius 1 is 0.969 bits per heavy atom. The van der Waals surface area contributed by atoms with Crippen molar-refractivity contribution in [2.45, 2.75) is 50.0 Å². The quantitative estimate of drug-likeness (QED) is 0.659. The number of aryl methyl sites for hydroxylation is 1. The fraction of sp³-hybridized carbons (Fsp3) is 0.458. The zero-order chi connectivity index (χ0) is 22.7. The lowest BCUT2D eigenvalue weighted by atomic mass is 9.94. The highest BCUT2D eigenvalue weighted by atomic mass is 32.2. The summed E-state index contributed by atoms with van der Waals surface area (Å²) in [5, 5.41) is 0. The van der Waals surface area contributed by atoms with Crippen LogP contribution in [0.3, 0.4) is 0 Å². The van der Waals surface area contributed by atoms with Crippen molar-refractivity contribution in [2.24, 2.45) is 0 Å². The van der Waals surface area contributed by atoms with E-state index in [1.807, 2.05) is 19.1 Å². The standard InChI is InChI=1S/C24H30N2O5S/c1-18-8-10-20(11-9-18)26(17-24(27)25(2)19-6-4-3-5-7-19)32(28,29)21-12-13-22-23(16-21)31-15-14-30-22/h8-13,16,19H,3-7,14-15,17H2,1-2H3. The summed E-state index contributed by atoms with van der Waals surface area (Å²) in [5.74, 6) is 0.704. The molecular formula is C24H30N2O5S. The lowest BCUT2D eigenvalue weighted by Gasteiger charge is -2.33.